The van der Waals surface area contributed by atoms with Crippen molar-refractivity contribution in [3.8, 4) is 0 Å². The third kappa shape index (κ3) is 1.90. The van der Waals surface area contributed by atoms with Gasteiger partial charge >= 0.3 is 0 Å². The fourth-order valence-electron chi connectivity index (χ4n) is 0.677. The van der Waals surface area contributed by atoms with Gasteiger partial charge in [0.25, 0.3) is 0 Å². The lowest BCUT2D eigenvalue weighted by atomic mass is 10.0. The van der Waals surface area contributed by atoms with Crippen molar-refractivity contribution in [2.75, 3.05) is 16.6 Å². The van der Waals surface area contributed by atoms with E-state index in [0.29, 0.717) is 5.41 Å². The second kappa shape index (κ2) is 2.53. The first-order valence-corrected chi connectivity index (χ1v) is 5.02. The molecule has 0 aromatic rings. The summed E-state index contributed by atoms with van der Waals surface area (Å²) in [6, 6.07) is 0. The predicted octanol–water partition coefficient (Wildman–Crippen LogP) is 2.26. The van der Waals surface area contributed by atoms with E-state index in [1.807, 2.05) is 23.5 Å². The van der Waals surface area contributed by atoms with Gasteiger partial charge in [0, 0.05) is 16.6 Å². The van der Waals surface area contributed by atoms with Gasteiger partial charge in [0.05, 0.1) is 0 Å². The van der Waals surface area contributed by atoms with Gasteiger partial charge in [-0.3, -0.25) is 0 Å². The molecule has 0 saturated carbocycles. The summed E-state index contributed by atoms with van der Waals surface area (Å²) < 4.78 is 0. The minimum absolute atomic E-state index is 0.355. The number of hydrogen-bond acceptors (Lipinski definition) is 2. The average Bonchev–Trinajstić information content (AvgIpc) is 1.65. The van der Waals surface area contributed by atoms with Gasteiger partial charge in [-0.15, -0.1) is 0 Å². The van der Waals surface area contributed by atoms with E-state index in [9.17, 15) is 0 Å². The Kier molecular flexibility index (Phi) is 2.15. The molecule has 47 valence electrons. The van der Waals surface area contributed by atoms with Crippen molar-refractivity contribution in [2.24, 2.45) is 5.41 Å². The Morgan fingerprint density at radius 1 is 1.38 bits per heavy atom. The van der Waals surface area contributed by atoms with Crippen LogP contribution in [-0.4, -0.2) is 16.6 Å². The second-order valence-corrected chi connectivity index (χ2v) is 4.96. The van der Waals surface area contributed by atoms with Crippen LogP contribution >= 0.6 is 23.5 Å². The Hall–Kier alpha value is 0.700. The van der Waals surface area contributed by atoms with Crippen LogP contribution in [-0.2, 0) is 0 Å². The van der Waals surface area contributed by atoms with Gasteiger partial charge in [0.1, 0.15) is 0 Å². The first-order chi connectivity index (χ1) is 3.71. The molecule has 0 nitrogen and oxygen atoms in total. The van der Waals surface area contributed by atoms with Crippen molar-refractivity contribution in [1.82, 2.24) is 0 Å². The summed E-state index contributed by atoms with van der Waals surface area (Å²) in [6.07, 6.45) is 0. The molecular formula is C6H11S2. The molecule has 0 aromatic carbocycles. The molecule has 1 saturated heterocycles. The van der Waals surface area contributed by atoms with Gasteiger partial charge in [-0.1, -0.05) is 6.92 Å². The molecule has 8 heavy (non-hydrogen) atoms. The van der Waals surface area contributed by atoms with E-state index in [-0.39, 0.29) is 0 Å². The molecule has 1 heterocycles. The van der Waals surface area contributed by atoms with Crippen LogP contribution in [0, 0.1) is 12.3 Å². The van der Waals surface area contributed by atoms with Crippen molar-refractivity contribution >= 4 is 23.5 Å². The maximum absolute atomic E-state index is 4.09. The van der Waals surface area contributed by atoms with Crippen molar-refractivity contribution in [3.63, 3.8) is 0 Å². The lowest BCUT2D eigenvalue weighted by Gasteiger charge is -2.27. The topological polar surface area (TPSA) is 0 Å². The molecule has 1 fully saturated rings. The quantitative estimate of drug-likeness (QED) is 0.515. The monoisotopic (exact) mass is 147 g/mol. The van der Waals surface area contributed by atoms with Gasteiger partial charge in [-0.05, 0) is 12.3 Å². The highest BCUT2D eigenvalue weighted by molar-refractivity contribution is 8.16. The third-order valence-electron chi connectivity index (χ3n) is 1.07. The summed E-state index contributed by atoms with van der Waals surface area (Å²) in [5, 5.41) is 1.27. The number of rotatable bonds is 0. The van der Waals surface area contributed by atoms with Crippen LogP contribution in [0.4, 0.5) is 0 Å². The summed E-state index contributed by atoms with van der Waals surface area (Å²) in [4.78, 5) is 0. The summed E-state index contributed by atoms with van der Waals surface area (Å²) in [7, 11) is 0. The molecule has 1 aliphatic heterocycles. The molecule has 0 spiro atoms. The first kappa shape index (κ1) is 6.81. The minimum Gasteiger partial charge on any atom is -0.150 e. The Morgan fingerprint density at radius 3 is 2.12 bits per heavy atom. The van der Waals surface area contributed by atoms with Gasteiger partial charge in [-0.25, -0.2) is 0 Å². The van der Waals surface area contributed by atoms with Gasteiger partial charge in [0.2, 0.25) is 0 Å². The largest absolute Gasteiger partial charge is 0.150 e. The predicted molar refractivity (Wildman–Crippen MR) is 43.2 cm³/mol. The zero-order valence-electron chi connectivity index (χ0n) is 5.14. The molecule has 1 radical (unpaired) electrons. The fraction of sp³-hybridized carbons (Fsp3) is 0.833. The normalized spacial score (nSPS) is 27.8. The maximum atomic E-state index is 4.09. The Balaban J connectivity index is 2.33. The summed E-state index contributed by atoms with van der Waals surface area (Å²) >= 11 is 4.00. The summed E-state index contributed by atoms with van der Waals surface area (Å²) in [5.74, 6) is 2.47. The molecule has 0 bridgehead atoms. The van der Waals surface area contributed by atoms with E-state index in [0.717, 1.165) is 0 Å². The molecule has 0 N–H and O–H groups in total. The molecule has 0 unspecified atom stereocenters. The molecule has 0 atom stereocenters. The lowest BCUT2D eigenvalue weighted by molar-refractivity contribution is 0.561. The van der Waals surface area contributed by atoms with Gasteiger partial charge in [0.15, 0.2) is 0 Å². The van der Waals surface area contributed by atoms with Crippen LogP contribution in [0.2, 0.25) is 0 Å². The Morgan fingerprint density at radius 2 is 1.88 bits per heavy atom. The fourth-order valence-corrected chi connectivity index (χ4v) is 3.13. The number of hydrogen-bond donors (Lipinski definition) is 0. The second-order valence-electron chi connectivity index (χ2n) is 2.63. The molecule has 1 aliphatic rings. The number of thioether (sulfide) groups is 2. The van der Waals surface area contributed by atoms with Crippen LogP contribution in [0.15, 0.2) is 0 Å². The van der Waals surface area contributed by atoms with Crippen molar-refractivity contribution in [3.05, 3.63) is 6.92 Å². The van der Waals surface area contributed by atoms with E-state index in [2.05, 4.69) is 13.8 Å². The van der Waals surface area contributed by atoms with E-state index in [4.69, 9.17) is 0 Å². The lowest BCUT2D eigenvalue weighted by Crippen LogP contribution is -2.21. The first-order valence-electron chi connectivity index (χ1n) is 2.72. The van der Waals surface area contributed by atoms with E-state index >= 15 is 0 Å². The summed E-state index contributed by atoms with van der Waals surface area (Å²) in [6.45, 7) is 6.32. The zero-order chi connectivity index (χ0) is 6.04. The minimum atomic E-state index is 0.355. The third-order valence-corrected chi connectivity index (χ3v) is 4.20. The zero-order valence-corrected chi connectivity index (χ0v) is 6.78. The van der Waals surface area contributed by atoms with Gasteiger partial charge in [-0.2, -0.15) is 23.5 Å². The van der Waals surface area contributed by atoms with Crippen molar-refractivity contribution in [1.29, 1.82) is 0 Å². The molecule has 0 aromatic heterocycles. The van der Waals surface area contributed by atoms with Crippen LogP contribution in [0.5, 0.6) is 0 Å². The van der Waals surface area contributed by atoms with Crippen LogP contribution in [0.1, 0.15) is 6.92 Å². The highest BCUT2D eigenvalue weighted by Crippen LogP contribution is 2.33. The molecular weight excluding hydrogens is 136 g/mol. The van der Waals surface area contributed by atoms with E-state index in [1.54, 1.807) is 0 Å². The summed E-state index contributed by atoms with van der Waals surface area (Å²) in [5.41, 5.74) is 0.355. The molecule has 0 amide bonds. The standard InChI is InChI=1S/C6H11S2/c1-6(2)3-7-5-8-4-6/h1,3-5H2,2H3. The van der Waals surface area contributed by atoms with Crippen LogP contribution in [0.3, 0.4) is 0 Å². The van der Waals surface area contributed by atoms with Crippen LogP contribution < -0.4 is 0 Å². The van der Waals surface area contributed by atoms with Crippen LogP contribution in [0.25, 0.3) is 0 Å². The highest BCUT2D eigenvalue weighted by atomic mass is 32.2. The molecule has 1 rings (SSSR count). The Bertz CT molecular complexity index is 70.6. The van der Waals surface area contributed by atoms with Crippen molar-refractivity contribution < 1.29 is 0 Å². The van der Waals surface area contributed by atoms with E-state index < -0.39 is 0 Å². The van der Waals surface area contributed by atoms with Gasteiger partial charge < -0.3 is 0 Å². The molecule has 2 heteroatoms. The SMILES string of the molecule is [CH2]C1(C)CSCSC1. The van der Waals surface area contributed by atoms with Crippen molar-refractivity contribution in [2.45, 2.75) is 6.92 Å². The maximum Gasteiger partial charge on any atom is 0.0392 e. The van der Waals surface area contributed by atoms with E-state index in [1.165, 1.54) is 16.6 Å². The highest BCUT2D eigenvalue weighted by Gasteiger charge is 2.21. The average molecular weight is 147 g/mol. The Labute approximate surface area is 59.8 Å². The smallest absolute Gasteiger partial charge is 0.0392 e. The molecule has 0 aliphatic carbocycles.